The highest BCUT2D eigenvalue weighted by molar-refractivity contribution is 5.79. The van der Waals surface area contributed by atoms with Crippen LogP contribution >= 0.6 is 0 Å². The maximum Gasteiger partial charge on any atom is 0.135 e. The van der Waals surface area contributed by atoms with Gasteiger partial charge in [-0.05, 0) is 20.8 Å². The predicted molar refractivity (Wildman–Crippen MR) is 52.2 cm³/mol. The minimum absolute atomic E-state index is 0.336. The van der Waals surface area contributed by atoms with Crippen LogP contribution in [0.3, 0.4) is 0 Å². The Bertz CT molecular complexity index is 137. The molecule has 0 aromatic carbocycles. The standard InChI is InChI=1S/C8H15NO.C2H6/c1-6(2)9-4-8(5-9)7(3)10;1-2/h6,8H,4-5H2,1-3H3;1-2H3. The van der Waals surface area contributed by atoms with E-state index in [4.69, 9.17) is 0 Å². The van der Waals surface area contributed by atoms with E-state index in [1.54, 1.807) is 6.92 Å². The van der Waals surface area contributed by atoms with Gasteiger partial charge in [-0.1, -0.05) is 13.8 Å². The minimum atomic E-state index is 0.336. The second kappa shape index (κ2) is 5.31. The van der Waals surface area contributed by atoms with Gasteiger partial charge in [-0.25, -0.2) is 0 Å². The van der Waals surface area contributed by atoms with Crippen molar-refractivity contribution in [2.24, 2.45) is 5.92 Å². The molecule has 1 aliphatic rings. The van der Waals surface area contributed by atoms with Crippen LogP contribution in [0.1, 0.15) is 34.6 Å². The zero-order valence-corrected chi connectivity index (χ0v) is 8.92. The fourth-order valence-corrected chi connectivity index (χ4v) is 1.19. The van der Waals surface area contributed by atoms with Crippen molar-refractivity contribution in [1.82, 2.24) is 4.90 Å². The van der Waals surface area contributed by atoms with Crippen molar-refractivity contribution in [2.45, 2.75) is 40.7 Å². The fraction of sp³-hybridized carbons (Fsp3) is 0.900. The number of Topliss-reactive ketones (excluding diaryl/α,β-unsaturated/α-hetero) is 1. The van der Waals surface area contributed by atoms with E-state index in [-0.39, 0.29) is 0 Å². The molecule has 0 unspecified atom stereocenters. The van der Waals surface area contributed by atoms with Crippen molar-refractivity contribution in [3.8, 4) is 0 Å². The van der Waals surface area contributed by atoms with E-state index in [9.17, 15) is 4.79 Å². The van der Waals surface area contributed by atoms with Gasteiger partial charge in [0, 0.05) is 25.0 Å². The molecule has 0 atom stereocenters. The Morgan fingerprint density at radius 3 is 2.00 bits per heavy atom. The zero-order chi connectivity index (χ0) is 9.72. The van der Waals surface area contributed by atoms with Gasteiger partial charge in [0.15, 0.2) is 0 Å². The van der Waals surface area contributed by atoms with Crippen LogP contribution in [0, 0.1) is 5.92 Å². The van der Waals surface area contributed by atoms with Crippen LogP contribution in [-0.2, 0) is 4.79 Å². The lowest BCUT2D eigenvalue weighted by atomic mass is 9.95. The lowest BCUT2D eigenvalue weighted by molar-refractivity contribution is -0.126. The van der Waals surface area contributed by atoms with E-state index >= 15 is 0 Å². The van der Waals surface area contributed by atoms with Gasteiger partial charge in [0.2, 0.25) is 0 Å². The number of carbonyl (C=O) groups excluding carboxylic acids is 1. The molecule has 0 radical (unpaired) electrons. The smallest absolute Gasteiger partial charge is 0.135 e. The Kier molecular flexibility index (Phi) is 5.14. The normalized spacial score (nSPS) is 18.2. The van der Waals surface area contributed by atoms with Gasteiger partial charge in [0.1, 0.15) is 5.78 Å². The summed E-state index contributed by atoms with van der Waals surface area (Å²) in [5.74, 6) is 0.680. The Hall–Kier alpha value is -0.370. The SMILES string of the molecule is CC.CC(=O)C1CN(C(C)C)C1. The van der Waals surface area contributed by atoms with Crippen LogP contribution < -0.4 is 0 Å². The van der Waals surface area contributed by atoms with Crippen molar-refractivity contribution < 1.29 is 4.79 Å². The number of rotatable bonds is 2. The summed E-state index contributed by atoms with van der Waals surface area (Å²) < 4.78 is 0. The number of likely N-dealkylation sites (tertiary alicyclic amines) is 1. The summed E-state index contributed by atoms with van der Waals surface area (Å²) in [4.78, 5) is 13.1. The monoisotopic (exact) mass is 171 g/mol. The molecule has 1 heterocycles. The van der Waals surface area contributed by atoms with Gasteiger partial charge >= 0.3 is 0 Å². The van der Waals surface area contributed by atoms with Crippen LogP contribution in [0.15, 0.2) is 0 Å². The van der Waals surface area contributed by atoms with E-state index < -0.39 is 0 Å². The maximum atomic E-state index is 10.8. The Morgan fingerprint density at radius 2 is 1.75 bits per heavy atom. The molecule has 0 spiro atoms. The largest absolute Gasteiger partial charge is 0.300 e. The molecule has 2 heteroatoms. The summed E-state index contributed by atoms with van der Waals surface area (Å²) >= 11 is 0. The van der Waals surface area contributed by atoms with Gasteiger partial charge in [0.05, 0.1) is 0 Å². The molecule has 1 aliphatic heterocycles. The quantitative estimate of drug-likeness (QED) is 0.633. The minimum Gasteiger partial charge on any atom is -0.300 e. The topological polar surface area (TPSA) is 20.3 Å². The Morgan fingerprint density at radius 1 is 1.33 bits per heavy atom. The Balaban J connectivity index is 0.000000561. The highest BCUT2D eigenvalue weighted by Crippen LogP contribution is 2.18. The molecule has 0 aliphatic carbocycles. The molecule has 0 saturated carbocycles. The Labute approximate surface area is 75.9 Å². The van der Waals surface area contributed by atoms with Crippen molar-refractivity contribution in [1.29, 1.82) is 0 Å². The first-order chi connectivity index (χ1) is 5.61. The molecular formula is C10H21NO. The molecule has 72 valence electrons. The van der Waals surface area contributed by atoms with E-state index in [0.717, 1.165) is 13.1 Å². The summed E-state index contributed by atoms with van der Waals surface area (Å²) in [5.41, 5.74) is 0. The number of ketones is 1. The van der Waals surface area contributed by atoms with Gasteiger partial charge in [-0.2, -0.15) is 0 Å². The summed E-state index contributed by atoms with van der Waals surface area (Å²) in [7, 11) is 0. The fourth-order valence-electron chi connectivity index (χ4n) is 1.19. The van der Waals surface area contributed by atoms with Crippen LogP contribution in [0.25, 0.3) is 0 Å². The molecule has 2 nitrogen and oxygen atoms in total. The van der Waals surface area contributed by atoms with E-state index in [1.165, 1.54) is 0 Å². The average molecular weight is 171 g/mol. The molecule has 1 saturated heterocycles. The zero-order valence-electron chi connectivity index (χ0n) is 8.92. The van der Waals surface area contributed by atoms with E-state index in [0.29, 0.717) is 17.7 Å². The number of carbonyl (C=O) groups is 1. The first-order valence-electron chi connectivity index (χ1n) is 4.85. The molecule has 0 aromatic rings. The van der Waals surface area contributed by atoms with Crippen LogP contribution in [0.4, 0.5) is 0 Å². The molecule has 12 heavy (non-hydrogen) atoms. The van der Waals surface area contributed by atoms with Crippen molar-refractivity contribution in [3.05, 3.63) is 0 Å². The van der Waals surface area contributed by atoms with Gasteiger partial charge < -0.3 is 0 Å². The first kappa shape index (κ1) is 11.6. The maximum absolute atomic E-state index is 10.8. The molecule has 0 aromatic heterocycles. The van der Waals surface area contributed by atoms with E-state index in [1.807, 2.05) is 13.8 Å². The van der Waals surface area contributed by atoms with Crippen LogP contribution in [0.5, 0.6) is 0 Å². The third-order valence-electron chi connectivity index (χ3n) is 2.22. The highest BCUT2D eigenvalue weighted by Gasteiger charge is 2.31. The summed E-state index contributed by atoms with van der Waals surface area (Å²) in [5, 5.41) is 0. The molecule has 0 bridgehead atoms. The highest BCUT2D eigenvalue weighted by atomic mass is 16.1. The van der Waals surface area contributed by atoms with Crippen molar-refractivity contribution >= 4 is 5.78 Å². The second-order valence-electron chi connectivity index (χ2n) is 3.36. The van der Waals surface area contributed by atoms with Crippen LogP contribution in [0.2, 0.25) is 0 Å². The molecular weight excluding hydrogens is 150 g/mol. The summed E-state index contributed by atoms with van der Waals surface area (Å²) in [6.07, 6.45) is 0. The van der Waals surface area contributed by atoms with Gasteiger partial charge in [-0.3, -0.25) is 9.69 Å². The summed E-state index contributed by atoms with van der Waals surface area (Å²) in [6.45, 7) is 12.0. The van der Waals surface area contributed by atoms with Gasteiger partial charge in [-0.15, -0.1) is 0 Å². The number of nitrogens with zero attached hydrogens (tertiary/aromatic N) is 1. The average Bonchev–Trinajstić information content (AvgIpc) is 1.86. The van der Waals surface area contributed by atoms with Crippen molar-refractivity contribution in [3.63, 3.8) is 0 Å². The van der Waals surface area contributed by atoms with Crippen LogP contribution in [-0.4, -0.2) is 29.8 Å². The van der Waals surface area contributed by atoms with Gasteiger partial charge in [0.25, 0.3) is 0 Å². The number of hydrogen-bond acceptors (Lipinski definition) is 2. The molecule has 1 fully saturated rings. The molecule has 0 N–H and O–H groups in total. The van der Waals surface area contributed by atoms with E-state index in [2.05, 4.69) is 18.7 Å². The lowest BCUT2D eigenvalue weighted by Gasteiger charge is -2.40. The summed E-state index contributed by atoms with van der Waals surface area (Å²) in [6, 6.07) is 0.607. The predicted octanol–water partition coefficient (Wildman–Crippen LogP) is 1.94. The molecule has 0 amide bonds. The number of hydrogen-bond donors (Lipinski definition) is 0. The first-order valence-corrected chi connectivity index (χ1v) is 4.85. The molecule has 1 rings (SSSR count). The van der Waals surface area contributed by atoms with Crippen molar-refractivity contribution in [2.75, 3.05) is 13.1 Å². The second-order valence-corrected chi connectivity index (χ2v) is 3.36. The third kappa shape index (κ3) is 2.94. The lowest BCUT2D eigenvalue weighted by Crippen LogP contribution is -2.52. The third-order valence-corrected chi connectivity index (χ3v) is 2.22.